The van der Waals surface area contributed by atoms with Gasteiger partial charge in [-0.05, 0) is 12.1 Å². The van der Waals surface area contributed by atoms with Crippen molar-refractivity contribution in [2.75, 3.05) is 12.4 Å². The summed E-state index contributed by atoms with van der Waals surface area (Å²) in [5.41, 5.74) is 0.0562. The molecule has 0 bridgehead atoms. The normalized spacial score (nSPS) is 9.47. The summed E-state index contributed by atoms with van der Waals surface area (Å²) in [6, 6.07) is 3.59. The van der Waals surface area contributed by atoms with Crippen molar-refractivity contribution in [2.24, 2.45) is 0 Å². The summed E-state index contributed by atoms with van der Waals surface area (Å²) in [6.07, 6.45) is 0. The lowest BCUT2D eigenvalue weighted by atomic mass is 10.3. The third kappa shape index (κ3) is 2.67. The minimum atomic E-state index is -1.63. The standard InChI is InChI=1S/C9H8FNO4/c1-15-7-3-2-5(4-6(7)10)11-8(12)9(13)14/h2-4H,1H3,(H,11,12)(H,13,14). The number of nitrogens with one attached hydrogen (secondary N) is 1. The molecule has 0 saturated carbocycles. The SMILES string of the molecule is COc1ccc(NC(=O)C(=O)O)cc1F. The number of hydrogen-bond donors (Lipinski definition) is 2. The Bertz CT molecular complexity index is 405. The van der Waals surface area contributed by atoms with E-state index in [1.807, 2.05) is 5.32 Å². The number of hydrogen-bond acceptors (Lipinski definition) is 3. The van der Waals surface area contributed by atoms with Gasteiger partial charge in [-0.15, -0.1) is 0 Å². The number of rotatable bonds is 2. The molecule has 0 saturated heterocycles. The van der Waals surface area contributed by atoms with E-state index >= 15 is 0 Å². The molecule has 6 heteroatoms. The molecule has 5 nitrogen and oxygen atoms in total. The maximum Gasteiger partial charge on any atom is 0.394 e. The zero-order valence-electron chi connectivity index (χ0n) is 7.78. The molecule has 0 unspecified atom stereocenters. The van der Waals surface area contributed by atoms with Gasteiger partial charge in [0.15, 0.2) is 11.6 Å². The minimum absolute atomic E-state index is 0.0170. The Labute approximate surface area is 84.5 Å². The lowest BCUT2D eigenvalue weighted by Crippen LogP contribution is -2.21. The molecule has 0 aliphatic rings. The van der Waals surface area contributed by atoms with Crippen molar-refractivity contribution in [1.29, 1.82) is 0 Å². The number of halogens is 1. The van der Waals surface area contributed by atoms with Crippen LogP contribution < -0.4 is 10.1 Å². The van der Waals surface area contributed by atoms with Gasteiger partial charge in [0.05, 0.1) is 7.11 Å². The maximum atomic E-state index is 13.1. The highest BCUT2D eigenvalue weighted by Crippen LogP contribution is 2.20. The van der Waals surface area contributed by atoms with Crippen LogP contribution in [0.3, 0.4) is 0 Å². The first-order valence-electron chi connectivity index (χ1n) is 3.92. The van der Waals surface area contributed by atoms with E-state index in [9.17, 15) is 14.0 Å². The van der Waals surface area contributed by atoms with Gasteiger partial charge in [0.1, 0.15) is 0 Å². The molecule has 0 atom stereocenters. The van der Waals surface area contributed by atoms with Gasteiger partial charge in [-0.25, -0.2) is 9.18 Å². The van der Waals surface area contributed by atoms with Crippen molar-refractivity contribution in [3.8, 4) is 5.75 Å². The Morgan fingerprint density at radius 1 is 1.47 bits per heavy atom. The van der Waals surface area contributed by atoms with Gasteiger partial charge in [-0.3, -0.25) is 4.79 Å². The van der Waals surface area contributed by atoms with Crippen LogP contribution in [0.5, 0.6) is 5.75 Å². The van der Waals surface area contributed by atoms with Crippen LogP contribution >= 0.6 is 0 Å². The Balaban J connectivity index is 2.84. The fourth-order valence-corrected chi connectivity index (χ4v) is 0.929. The summed E-state index contributed by atoms with van der Waals surface area (Å²) in [4.78, 5) is 20.9. The highest BCUT2D eigenvalue weighted by molar-refractivity contribution is 6.36. The third-order valence-corrected chi connectivity index (χ3v) is 1.60. The van der Waals surface area contributed by atoms with Crippen molar-refractivity contribution in [1.82, 2.24) is 0 Å². The highest BCUT2D eigenvalue weighted by atomic mass is 19.1. The molecule has 15 heavy (non-hydrogen) atoms. The number of ether oxygens (including phenoxy) is 1. The molecule has 1 aromatic rings. The first-order valence-corrected chi connectivity index (χ1v) is 3.92. The number of methoxy groups -OCH3 is 1. The van der Waals surface area contributed by atoms with E-state index < -0.39 is 17.7 Å². The van der Waals surface area contributed by atoms with E-state index in [4.69, 9.17) is 5.11 Å². The number of carboxylic acids is 1. The van der Waals surface area contributed by atoms with Crippen LogP contribution in [0.25, 0.3) is 0 Å². The molecule has 0 heterocycles. The van der Waals surface area contributed by atoms with Crippen LogP contribution in [0.15, 0.2) is 18.2 Å². The molecule has 0 fully saturated rings. The lowest BCUT2D eigenvalue weighted by molar-refractivity contribution is -0.147. The lowest BCUT2D eigenvalue weighted by Gasteiger charge is -2.05. The Kier molecular flexibility index (Phi) is 3.22. The highest BCUT2D eigenvalue weighted by Gasteiger charge is 2.12. The summed E-state index contributed by atoms with van der Waals surface area (Å²) >= 11 is 0. The minimum Gasteiger partial charge on any atom is -0.494 e. The number of amides is 1. The van der Waals surface area contributed by atoms with Gasteiger partial charge in [0, 0.05) is 11.8 Å². The quantitative estimate of drug-likeness (QED) is 0.714. The van der Waals surface area contributed by atoms with Crippen LogP contribution in [0.1, 0.15) is 0 Å². The number of carbonyl (C=O) groups is 2. The van der Waals surface area contributed by atoms with Gasteiger partial charge >= 0.3 is 11.9 Å². The van der Waals surface area contributed by atoms with Gasteiger partial charge in [-0.2, -0.15) is 0 Å². The summed E-state index contributed by atoms with van der Waals surface area (Å²) in [5.74, 6) is -3.52. The molecular weight excluding hydrogens is 205 g/mol. The van der Waals surface area contributed by atoms with Gasteiger partial charge in [0.25, 0.3) is 0 Å². The van der Waals surface area contributed by atoms with Crippen molar-refractivity contribution >= 4 is 17.6 Å². The zero-order chi connectivity index (χ0) is 11.4. The molecular formula is C9H8FNO4. The zero-order valence-corrected chi connectivity index (χ0v) is 7.78. The summed E-state index contributed by atoms with van der Waals surface area (Å²) < 4.78 is 17.7. The molecule has 0 spiro atoms. The Hall–Kier alpha value is -2.11. The van der Waals surface area contributed by atoms with Crippen molar-refractivity contribution in [2.45, 2.75) is 0 Å². The monoisotopic (exact) mass is 213 g/mol. The van der Waals surface area contributed by atoms with Crippen molar-refractivity contribution in [3.63, 3.8) is 0 Å². The molecule has 1 amide bonds. The second-order valence-corrected chi connectivity index (χ2v) is 2.61. The molecule has 1 aromatic carbocycles. The second-order valence-electron chi connectivity index (χ2n) is 2.61. The van der Waals surface area contributed by atoms with E-state index in [1.54, 1.807) is 0 Å². The smallest absolute Gasteiger partial charge is 0.394 e. The average Bonchev–Trinajstić information content (AvgIpc) is 2.18. The molecule has 0 aliphatic carbocycles. The van der Waals surface area contributed by atoms with Crippen LogP contribution in [-0.4, -0.2) is 24.1 Å². The van der Waals surface area contributed by atoms with E-state index in [-0.39, 0.29) is 11.4 Å². The first kappa shape index (κ1) is 11.0. The van der Waals surface area contributed by atoms with Gasteiger partial charge < -0.3 is 15.2 Å². The second kappa shape index (κ2) is 4.41. The summed E-state index contributed by atoms with van der Waals surface area (Å²) in [6.45, 7) is 0. The van der Waals surface area contributed by atoms with Crippen LogP contribution in [0, 0.1) is 5.82 Å². The predicted octanol–water partition coefficient (Wildman–Crippen LogP) is 0.857. The van der Waals surface area contributed by atoms with E-state index in [2.05, 4.69) is 4.74 Å². The van der Waals surface area contributed by atoms with E-state index in [0.29, 0.717) is 0 Å². The van der Waals surface area contributed by atoms with E-state index in [1.165, 1.54) is 19.2 Å². The number of carbonyl (C=O) groups excluding carboxylic acids is 1. The molecule has 2 N–H and O–H groups in total. The number of carboxylic acid groups (broad SMARTS) is 1. The van der Waals surface area contributed by atoms with Crippen LogP contribution in [0.2, 0.25) is 0 Å². The fourth-order valence-electron chi connectivity index (χ4n) is 0.929. The first-order chi connectivity index (χ1) is 7.04. The summed E-state index contributed by atoms with van der Waals surface area (Å²) in [5, 5.41) is 10.3. The molecule has 0 radical (unpaired) electrons. The predicted molar refractivity (Wildman–Crippen MR) is 49.2 cm³/mol. The molecule has 0 aliphatic heterocycles. The number of benzene rings is 1. The summed E-state index contributed by atoms with van der Waals surface area (Å²) in [7, 11) is 1.30. The van der Waals surface area contributed by atoms with Crippen LogP contribution in [0.4, 0.5) is 10.1 Å². The van der Waals surface area contributed by atoms with Crippen molar-refractivity contribution in [3.05, 3.63) is 24.0 Å². The molecule has 1 rings (SSSR count). The van der Waals surface area contributed by atoms with Crippen LogP contribution in [-0.2, 0) is 9.59 Å². The Morgan fingerprint density at radius 2 is 2.13 bits per heavy atom. The maximum absolute atomic E-state index is 13.1. The van der Waals surface area contributed by atoms with Gasteiger partial charge in [0.2, 0.25) is 0 Å². The largest absolute Gasteiger partial charge is 0.494 e. The van der Waals surface area contributed by atoms with E-state index in [0.717, 1.165) is 6.07 Å². The Morgan fingerprint density at radius 3 is 2.60 bits per heavy atom. The number of anilines is 1. The number of aliphatic carboxylic acids is 1. The molecule has 0 aromatic heterocycles. The van der Waals surface area contributed by atoms with Crippen molar-refractivity contribution < 1.29 is 23.8 Å². The molecule has 80 valence electrons. The fraction of sp³-hybridized carbons (Fsp3) is 0.111. The third-order valence-electron chi connectivity index (χ3n) is 1.60. The van der Waals surface area contributed by atoms with Gasteiger partial charge in [-0.1, -0.05) is 0 Å². The topological polar surface area (TPSA) is 75.6 Å². The average molecular weight is 213 g/mol.